The van der Waals surface area contributed by atoms with Gasteiger partial charge in [-0.1, -0.05) is 18.2 Å². The van der Waals surface area contributed by atoms with Crippen molar-refractivity contribution >= 4 is 23.2 Å². The monoisotopic (exact) mass is 691 g/mol. The smallest absolute Gasteiger partial charge is 0.340 e. The van der Waals surface area contributed by atoms with Crippen LogP contribution in [0.1, 0.15) is 67.8 Å². The lowest BCUT2D eigenvalue weighted by atomic mass is 9.91. The Balaban J connectivity index is 1.49. The standard InChI is InChI=1S/C35H32F3N5O5S/c1-3-47-35(46)30-29(26-12-13-27(49-26)33(45)40-17-20-6-10-22(37)23(38)16-20)28(34-43-42-18(2)48-34)24(11-7-19-4-8-21(36)9-5-19)41-32(30)31-25(44)14-15-39-31/h4-6,8-10,12-13,16,25,31,39,44H,3,7,11,14-15,17H2,1-2H3,(H,40,45)/t25-,31-/m0/s1. The number of ether oxygens (including phenoxy) is 1. The van der Waals surface area contributed by atoms with E-state index in [0.29, 0.717) is 53.1 Å². The normalized spacial score (nSPS) is 15.8. The number of aliphatic hydroxyl groups excluding tert-OH is 1. The zero-order chi connectivity index (χ0) is 34.7. The third kappa shape index (κ3) is 7.41. The number of aromatic nitrogens is 3. The van der Waals surface area contributed by atoms with Crippen molar-refractivity contribution in [3.8, 4) is 21.9 Å². The zero-order valence-corrected chi connectivity index (χ0v) is 27.4. The highest BCUT2D eigenvalue weighted by atomic mass is 32.1. The van der Waals surface area contributed by atoms with E-state index in [9.17, 15) is 27.9 Å². The highest BCUT2D eigenvalue weighted by Crippen LogP contribution is 2.44. The van der Waals surface area contributed by atoms with E-state index in [2.05, 4.69) is 20.8 Å². The summed E-state index contributed by atoms with van der Waals surface area (Å²) in [7, 11) is 0. The molecule has 1 fully saturated rings. The number of hydrogen-bond acceptors (Lipinski definition) is 10. The van der Waals surface area contributed by atoms with Gasteiger partial charge in [-0.25, -0.2) is 18.0 Å². The van der Waals surface area contributed by atoms with Gasteiger partial charge in [0.1, 0.15) is 5.82 Å². The number of aliphatic hydroxyl groups is 1. The van der Waals surface area contributed by atoms with E-state index in [1.165, 1.54) is 18.2 Å². The van der Waals surface area contributed by atoms with E-state index in [0.717, 1.165) is 29.0 Å². The van der Waals surface area contributed by atoms with Gasteiger partial charge in [0.05, 0.1) is 46.1 Å². The molecule has 254 valence electrons. The van der Waals surface area contributed by atoms with E-state index < -0.39 is 35.7 Å². The van der Waals surface area contributed by atoms with Crippen LogP contribution in [0.25, 0.3) is 21.9 Å². The number of rotatable bonds is 11. The summed E-state index contributed by atoms with van der Waals surface area (Å²) in [5, 5.41) is 25.3. The van der Waals surface area contributed by atoms with Crippen molar-refractivity contribution < 1.29 is 37.0 Å². The van der Waals surface area contributed by atoms with E-state index in [1.54, 1.807) is 38.1 Å². The zero-order valence-electron chi connectivity index (χ0n) is 26.6. The van der Waals surface area contributed by atoms with E-state index >= 15 is 0 Å². The minimum Gasteiger partial charge on any atom is -0.462 e. The molecule has 1 amide bonds. The number of benzene rings is 2. The number of nitrogens with zero attached hydrogens (tertiary/aromatic N) is 3. The van der Waals surface area contributed by atoms with Crippen molar-refractivity contribution in [3.05, 3.63) is 111 Å². The summed E-state index contributed by atoms with van der Waals surface area (Å²) in [6.07, 6.45) is 0.325. The molecule has 2 aromatic carbocycles. The van der Waals surface area contributed by atoms with Gasteiger partial charge in [-0.05, 0) is 80.3 Å². The number of hydrogen-bond donors (Lipinski definition) is 3. The number of thiophene rings is 1. The van der Waals surface area contributed by atoms with Crippen LogP contribution in [0.3, 0.4) is 0 Å². The highest BCUT2D eigenvalue weighted by molar-refractivity contribution is 7.17. The maximum atomic E-state index is 13.9. The second-order valence-corrected chi connectivity index (χ2v) is 12.5. The summed E-state index contributed by atoms with van der Waals surface area (Å²) in [4.78, 5) is 32.9. The lowest BCUT2D eigenvalue weighted by molar-refractivity contribution is 0.0523. The van der Waals surface area contributed by atoms with Gasteiger partial charge in [-0.2, -0.15) is 0 Å². The number of amides is 1. The molecular formula is C35H32F3N5O5S. The molecule has 6 rings (SSSR count). The van der Waals surface area contributed by atoms with Crippen LogP contribution in [-0.4, -0.2) is 51.4 Å². The molecule has 3 N–H and O–H groups in total. The van der Waals surface area contributed by atoms with Crippen LogP contribution < -0.4 is 10.6 Å². The van der Waals surface area contributed by atoms with Crippen LogP contribution >= 0.6 is 11.3 Å². The second kappa shape index (κ2) is 14.7. The molecule has 0 saturated carbocycles. The Morgan fingerprint density at radius 3 is 2.47 bits per heavy atom. The largest absolute Gasteiger partial charge is 0.462 e. The van der Waals surface area contributed by atoms with Crippen LogP contribution in [0.5, 0.6) is 0 Å². The van der Waals surface area contributed by atoms with Gasteiger partial charge in [0.2, 0.25) is 11.8 Å². The molecular weight excluding hydrogens is 659 g/mol. The average molecular weight is 692 g/mol. The van der Waals surface area contributed by atoms with Crippen molar-refractivity contribution in [3.63, 3.8) is 0 Å². The van der Waals surface area contributed by atoms with Gasteiger partial charge in [-0.3, -0.25) is 9.78 Å². The Hall–Kier alpha value is -4.92. The maximum absolute atomic E-state index is 13.9. The molecule has 0 unspecified atom stereocenters. The number of pyridine rings is 1. The van der Waals surface area contributed by atoms with Gasteiger partial charge in [0, 0.05) is 23.9 Å². The fourth-order valence-corrected chi connectivity index (χ4v) is 6.72. The number of halogens is 3. The third-order valence-corrected chi connectivity index (χ3v) is 9.18. The minimum atomic E-state index is -1.02. The molecule has 4 heterocycles. The fourth-order valence-electron chi connectivity index (χ4n) is 5.74. The Morgan fingerprint density at radius 2 is 1.80 bits per heavy atom. The first-order valence-corrected chi connectivity index (χ1v) is 16.5. The molecule has 3 aromatic heterocycles. The van der Waals surface area contributed by atoms with Gasteiger partial charge in [-0.15, -0.1) is 21.5 Å². The predicted molar refractivity (Wildman–Crippen MR) is 174 cm³/mol. The molecule has 0 bridgehead atoms. The third-order valence-electron chi connectivity index (χ3n) is 8.08. The van der Waals surface area contributed by atoms with E-state index in [-0.39, 0.29) is 46.9 Å². The van der Waals surface area contributed by atoms with Gasteiger partial charge in [0.25, 0.3) is 5.91 Å². The molecule has 1 aliphatic rings. The number of carbonyl (C=O) groups excluding carboxylic acids is 2. The Kier molecular flexibility index (Phi) is 10.2. The van der Waals surface area contributed by atoms with Gasteiger partial charge < -0.3 is 24.9 Å². The van der Waals surface area contributed by atoms with Crippen LogP contribution in [0.2, 0.25) is 0 Å². The average Bonchev–Trinajstić information content (AvgIpc) is 3.86. The van der Waals surface area contributed by atoms with Crippen LogP contribution in [0.4, 0.5) is 13.2 Å². The molecule has 0 radical (unpaired) electrons. The van der Waals surface area contributed by atoms with Crippen molar-refractivity contribution in [2.45, 2.75) is 51.8 Å². The topological polar surface area (TPSA) is 139 Å². The van der Waals surface area contributed by atoms with Crippen molar-refractivity contribution in [2.75, 3.05) is 13.2 Å². The van der Waals surface area contributed by atoms with Crippen molar-refractivity contribution in [2.24, 2.45) is 0 Å². The number of esters is 1. The molecule has 10 nitrogen and oxygen atoms in total. The summed E-state index contributed by atoms with van der Waals surface area (Å²) in [6, 6.07) is 12.0. The summed E-state index contributed by atoms with van der Waals surface area (Å²) < 4.78 is 52.3. The summed E-state index contributed by atoms with van der Waals surface area (Å²) in [6.45, 7) is 3.79. The van der Waals surface area contributed by atoms with E-state index in [4.69, 9.17) is 14.1 Å². The lowest BCUT2D eigenvalue weighted by Gasteiger charge is -2.23. The fraction of sp³-hybridized carbons (Fsp3) is 0.286. The summed E-state index contributed by atoms with van der Waals surface area (Å²) in [5.41, 5.74) is 2.73. The first-order chi connectivity index (χ1) is 23.6. The predicted octanol–water partition coefficient (Wildman–Crippen LogP) is 5.87. The molecule has 1 aliphatic heterocycles. The Labute approximate surface area is 283 Å². The second-order valence-electron chi connectivity index (χ2n) is 11.4. The number of carbonyl (C=O) groups is 2. The van der Waals surface area contributed by atoms with Crippen LogP contribution in [-0.2, 0) is 24.1 Å². The first kappa shape index (κ1) is 34.0. The summed E-state index contributed by atoms with van der Waals surface area (Å²) in [5.74, 6) is -3.19. The molecule has 5 aromatic rings. The molecule has 49 heavy (non-hydrogen) atoms. The highest BCUT2D eigenvalue weighted by Gasteiger charge is 2.37. The van der Waals surface area contributed by atoms with Crippen LogP contribution in [0, 0.1) is 24.4 Å². The van der Waals surface area contributed by atoms with E-state index in [1.807, 2.05) is 0 Å². The molecule has 0 aliphatic carbocycles. The first-order valence-electron chi connectivity index (χ1n) is 15.7. The van der Waals surface area contributed by atoms with Gasteiger partial charge in [0.15, 0.2) is 11.6 Å². The van der Waals surface area contributed by atoms with Crippen LogP contribution in [0.15, 0.2) is 59.0 Å². The number of nitrogens with one attached hydrogen (secondary N) is 2. The summed E-state index contributed by atoms with van der Waals surface area (Å²) >= 11 is 1.08. The SMILES string of the molecule is CCOC(=O)c1c([C@H]2NCC[C@@H]2O)nc(CCc2ccc(F)cc2)c(-c2nnc(C)o2)c1-c1ccc(C(=O)NCc2ccc(F)c(F)c2)s1. The molecule has 2 atom stereocenters. The number of aryl methyl sites for hydroxylation is 3. The van der Waals surface area contributed by atoms with Crippen molar-refractivity contribution in [1.29, 1.82) is 0 Å². The molecule has 0 spiro atoms. The Morgan fingerprint density at radius 1 is 1.02 bits per heavy atom. The van der Waals surface area contributed by atoms with Crippen molar-refractivity contribution in [1.82, 2.24) is 25.8 Å². The lowest BCUT2D eigenvalue weighted by Crippen LogP contribution is -2.27. The van der Waals surface area contributed by atoms with Gasteiger partial charge >= 0.3 is 5.97 Å². The maximum Gasteiger partial charge on any atom is 0.340 e. The Bertz CT molecular complexity index is 2000. The quantitative estimate of drug-likeness (QED) is 0.145. The molecule has 1 saturated heterocycles. The molecule has 14 heteroatoms. The minimum absolute atomic E-state index is 0.0535.